The van der Waals surface area contributed by atoms with Crippen LogP contribution in [-0.4, -0.2) is 29.1 Å². The van der Waals surface area contributed by atoms with Crippen LogP contribution in [-0.2, 0) is 4.74 Å². The highest BCUT2D eigenvalue weighted by atomic mass is 16.5. The average Bonchev–Trinajstić information content (AvgIpc) is 3.20. The zero-order chi connectivity index (χ0) is 26.7. The quantitative estimate of drug-likeness (QED) is 0.312. The minimum atomic E-state index is -0.748. The molecule has 1 aromatic heterocycles. The minimum Gasteiger partial charge on any atom is -0.455 e. The number of ether oxygens (including phenoxy) is 1. The van der Waals surface area contributed by atoms with Crippen molar-refractivity contribution in [1.29, 1.82) is 0 Å². The molecule has 0 saturated heterocycles. The van der Waals surface area contributed by atoms with Gasteiger partial charge in [0.05, 0.1) is 17.4 Å². The Morgan fingerprint density at radius 2 is 1.79 bits per heavy atom. The van der Waals surface area contributed by atoms with E-state index in [1.807, 2.05) is 6.07 Å². The number of allylic oxidation sites excluding steroid dienone is 1. The van der Waals surface area contributed by atoms with E-state index in [1.54, 1.807) is 30.5 Å². The van der Waals surface area contributed by atoms with Crippen molar-refractivity contribution in [3.63, 3.8) is 0 Å². The Morgan fingerprint density at radius 1 is 1.00 bits per heavy atom. The molecule has 4 aliphatic carbocycles. The molecule has 2 aromatic rings. The average molecular weight is 517 g/mol. The number of aliphatic hydroxyl groups is 1. The molecule has 0 radical (unpaired) electrons. The van der Waals surface area contributed by atoms with Crippen LogP contribution in [0.3, 0.4) is 0 Å². The second-order valence-corrected chi connectivity index (χ2v) is 12.4. The standard InChI is InChI=1S/C32H36O6/c1-30-14-11-24(38-29(35)21-5-3-20(18-33)4-6-21)17-23(30)8-9-27-26(30)12-15-31(2)25(13-16-32(27,31)36)22-7-10-28(34)37-19-22/h3-7,10,17-19,24-27,36H,8-9,11-16H2,1-2H3/t24-,25+,26?,27?,30-,31+,32-/m0/s1. The summed E-state index contributed by atoms with van der Waals surface area (Å²) in [6.07, 6.45) is 11.5. The van der Waals surface area contributed by atoms with Crippen molar-refractivity contribution in [2.24, 2.45) is 22.7 Å². The highest BCUT2D eigenvalue weighted by molar-refractivity contribution is 5.90. The second kappa shape index (κ2) is 9.04. The van der Waals surface area contributed by atoms with E-state index in [0.29, 0.717) is 17.0 Å². The van der Waals surface area contributed by atoms with Gasteiger partial charge >= 0.3 is 11.6 Å². The van der Waals surface area contributed by atoms with Gasteiger partial charge in [0, 0.05) is 17.0 Å². The molecule has 1 N–H and O–H groups in total. The summed E-state index contributed by atoms with van der Waals surface area (Å²) in [7, 11) is 0. The van der Waals surface area contributed by atoms with Crippen molar-refractivity contribution in [3.05, 3.63) is 81.4 Å². The number of benzene rings is 1. The number of fused-ring (bicyclic) bond motifs is 5. The predicted molar refractivity (Wildman–Crippen MR) is 142 cm³/mol. The highest BCUT2D eigenvalue weighted by Crippen LogP contribution is 2.70. The van der Waals surface area contributed by atoms with Crippen LogP contribution in [0.5, 0.6) is 0 Å². The lowest BCUT2D eigenvalue weighted by molar-refractivity contribution is -0.178. The van der Waals surface area contributed by atoms with Crippen LogP contribution >= 0.6 is 0 Å². The first-order valence-corrected chi connectivity index (χ1v) is 14.0. The zero-order valence-electron chi connectivity index (χ0n) is 22.2. The maximum atomic E-state index is 12.8. The SMILES string of the molecule is C[C@]12CC[C@H](OC(=O)c3ccc(C=O)cc3)C=C1CCC1C2CC[C@]2(C)[C@@H](c3ccc(=O)oc3)CC[C@]12O. The van der Waals surface area contributed by atoms with Crippen LogP contribution in [0.1, 0.15) is 97.4 Å². The Bertz CT molecular complexity index is 1320. The lowest BCUT2D eigenvalue weighted by atomic mass is 9.45. The molecule has 6 nitrogen and oxygen atoms in total. The van der Waals surface area contributed by atoms with E-state index in [0.717, 1.165) is 63.2 Å². The number of rotatable bonds is 4. The normalized spacial score (nSPS) is 37.8. The minimum absolute atomic E-state index is 0.00782. The number of hydrogen-bond acceptors (Lipinski definition) is 6. The summed E-state index contributed by atoms with van der Waals surface area (Å²) in [4.78, 5) is 35.2. The van der Waals surface area contributed by atoms with Crippen LogP contribution in [0.2, 0.25) is 0 Å². The molecule has 0 bridgehead atoms. The van der Waals surface area contributed by atoms with Gasteiger partial charge in [-0.25, -0.2) is 9.59 Å². The van der Waals surface area contributed by atoms with Crippen molar-refractivity contribution in [2.45, 2.75) is 82.8 Å². The van der Waals surface area contributed by atoms with Gasteiger partial charge in [0.15, 0.2) is 0 Å². The van der Waals surface area contributed by atoms with Gasteiger partial charge in [0.2, 0.25) is 0 Å². The Balaban J connectivity index is 1.21. The topological polar surface area (TPSA) is 93.8 Å². The largest absolute Gasteiger partial charge is 0.455 e. The summed E-state index contributed by atoms with van der Waals surface area (Å²) in [5.41, 5.74) is 2.02. The van der Waals surface area contributed by atoms with Gasteiger partial charge < -0.3 is 14.3 Å². The molecular formula is C32H36O6. The summed E-state index contributed by atoms with van der Waals surface area (Å²) in [6.45, 7) is 4.60. The highest BCUT2D eigenvalue weighted by Gasteiger charge is 2.66. The fourth-order valence-corrected chi connectivity index (χ4v) is 8.76. The van der Waals surface area contributed by atoms with E-state index in [4.69, 9.17) is 9.15 Å². The van der Waals surface area contributed by atoms with Crippen LogP contribution in [0.15, 0.2) is 63.5 Å². The van der Waals surface area contributed by atoms with E-state index in [2.05, 4.69) is 19.9 Å². The van der Waals surface area contributed by atoms with Gasteiger partial charge in [-0.2, -0.15) is 0 Å². The summed E-state index contributed by atoms with van der Waals surface area (Å²) < 4.78 is 11.1. The third kappa shape index (κ3) is 3.75. The summed E-state index contributed by atoms with van der Waals surface area (Å²) in [5, 5.41) is 12.4. The molecule has 3 fully saturated rings. The number of aldehydes is 1. The predicted octanol–water partition coefficient (Wildman–Crippen LogP) is 5.84. The Labute approximate surface area is 223 Å². The van der Waals surface area contributed by atoms with E-state index >= 15 is 0 Å². The summed E-state index contributed by atoms with van der Waals surface area (Å²) in [6, 6.07) is 9.89. The molecule has 0 amide bonds. The van der Waals surface area contributed by atoms with E-state index in [1.165, 1.54) is 11.6 Å². The molecule has 3 saturated carbocycles. The fraction of sp³-hybridized carbons (Fsp3) is 0.531. The Kier molecular flexibility index (Phi) is 6.02. The van der Waals surface area contributed by atoms with Crippen LogP contribution in [0, 0.1) is 22.7 Å². The van der Waals surface area contributed by atoms with Gasteiger partial charge in [0.25, 0.3) is 0 Å². The van der Waals surface area contributed by atoms with E-state index in [-0.39, 0.29) is 40.4 Å². The third-order valence-corrected chi connectivity index (χ3v) is 10.9. The molecule has 6 heteroatoms. The molecule has 200 valence electrons. The van der Waals surface area contributed by atoms with Gasteiger partial charge in [0.1, 0.15) is 12.4 Å². The van der Waals surface area contributed by atoms with E-state index < -0.39 is 5.60 Å². The first-order valence-electron chi connectivity index (χ1n) is 14.0. The van der Waals surface area contributed by atoms with Gasteiger partial charge in [-0.1, -0.05) is 31.6 Å². The molecule has 2 unspecified atom stereocenters. The molecule has 0 spiro atoms. The lowest BCUT2D eigenvalue weighted by Gasteiger charge is -2.61. The fourth-order valence-electron chi connectivity index (χ4n) is 8.76. The number of esters is 1. The van der Waals surface area contributed by atoms with Crippen molar-refractivity contribution in [1.82, 2.24) is 0 Å². The van der Waals surface area contributed by atoms with Crippen molar-refractivity contribution in [2.75, 3.05) is 0 Å². The Morgan fingerprint density at radius 3 is 2.50 bits per heavy atom. The van der Waals surface area contributed by atoms with Crippen LogP contribution < -0.4 is 5.63 Å². The zero-order valence-corrected chi connectivity index (χ0v) is 22.2. The molecule has 38 heavy (non-hydrogen) atoms. The maximum Gasteiger partial charge on any atom is 0.338 e. The van der Waals surface area contributed by atoms with Crippen molar-refractivity contribution >= 4 is 12.3 Å². The van der Waals surface area contributed by atoms with Crippen molar-refractivity contribution < 1.29 is 23.8 Å². The summed E-state index contributed by atoms with van der Waals surface area (Å²) in [5.74, 6) is 0.427. The molecule has 7 atom stereocenters. The number of carbonyl (C=O) groups excluding carboxylic acids is 2. The first-order chi connectivity index (χ1) is 18.2. The second-order valence-electron chi connectivity index (χ2n) is 12.4. The van der Waals surface area contributed by atoms with Crippen molar-refractivity contribution in [3.8, 4) is 0 Å². The van der Waals surface area contributed by atoms with Gasteiger partial charge in [-0.15, -0.1) is 0 Å². The molecule has 0 aliphatic heterocycles. The lowest BCUT2D eigenvalue weighted by Crippen LogP contribution is -2.60. The summed E-state index contributed by atoms with van der Waals surface area (Å²) >= 11 is 0. The number of carbonyl (C=O) groups is 2. The monoisotopic (exact) mass is 516 g/mol. The van der Waals surface area contributed by atoms with E-state index in [9.17, 15) is 19.5 Å². The number of hydrogen-bond donors (Lipinski definition) is 1. The van der Waals surface area contributed by atoms with Crippen LogP contribution in [0.4, 0.5) is 0 Å². The van der Waals surface area contributed by atoms with Gasteiger partial charge in [-0.05, 0) is 104 Å². The molecule has 1 aromatic carbocycles. The molecule has 6 rings (SSSR count). The smallest absolute Gasteiger partial charge is 0.338 e. The maximum absolute atomic E-state index is 12.8. The van der Waals surface area contributed by atoms with Crippen LogP contribution in [0.25, 0.3) is 0 Å². The molecule has 4 aliphatic rings. The first kappa shape index (κ1) is 25.3. The van der Waals surface area contributed by atoms with Gasteiger partial charge in [-0.3, -0.25) is 4.79 Å². The molecule has 1 heterocycles. The Hall–Kier alpha value is -2.99. The third-order valence-electron chi connectivity index (χ3n) is 10.9. The molecular weight excluding hydrogens is 480 g/mol.